The zero-order valence-corrected chi connectivity index (χ0v) is 24.8. The Labute approximate surface area is 255 Å². The van der Waals surface area contributed by atoms with Crippen LogP contribution < -0.4 is 16.0 Å². The van der Waals surface area contributed by atoms with Crippen molar-refractivity contribution in [2.75, 3.05) is 55.2 Å². The van der Waals surface area contributed by atoms with E-state index in [0.29, 0.717) is 40.8 Å². The van der Waals surface area contributed by atoms with Crippen LogP contribution in [0.2, 0.25) is 0 Å². The number of anilines is 3. The third kappa shape index (κ3) is 7.49. The van der Waals surface area contributed by atoms with Crippen molar-refractivity contribution in [1.82, 2.24) is 14.8 Å². The maximum absolute atomic E-state index is 13.9. The number of carbonyl (C=O) groups excluding carboxylic acids is 2. The van der Waals surface area contributed by atoms with Gasteiger partial charge in [0.2, 0.25) is 11.8 Å². The Morgan fingerprint density at radius 3 is 1.64 bits per heavy atom. The molecule has 2 amide bonds. The molecule has 1 aromatic heterocycles. The van der Waals surface area contributed by atoms with E-state index in [0.717, 1.165) is 61.8 Å². The minimum absolute atomic E-state index is 0.0533. The number of likely N-dealkylation sites (tertiary alicyclic amines) is 2. The van der Waals surface area contributed by atoms with Crippen LogP contribution in [0.1, 0.15) is 44.1 Å². The third-order valence-electron chi connectivity index (χ3n) is 8.44. The molecule has 0 unspecified atom stereocenters. The summed E-state index contributed by atoms with van der Waals surface area (Å²) in [6.45, 7) is 5.83. The van der Waals surface area contributed by atoms with Gasteiger partial charge in [-0.15, -0.1) is 0 Å². The number of halogens is 2. The standard InChI is InChI=1S/C34H38F2N6O2/c35-24-17-23(18-25(36)19-24)22-37-34-28-7-5-26(38-32(43)9-15-41-11-1-2-12-41)20-30(28)40-31-21-27(6-8-29(31)34)39-33(44)10-16-42-13-3-4-14-42/h5-8,17-21H,1-4,9-16,22H2,(H,37,40)(H,38,43)(H,39,44). The molecule has 10 heteroatoms. The molecule has 2 fully saturated rings. The normalized spacial score (nSPS) is 15.7. The number of carbonyl (C=O) groups is 2. The molecule has 2 aliphatic heterocycles. The first-order valence-electron chi connectivity index (χ1n) is 15.5. The highest BCUT2D eigenvalue weighted by molar-refractivity contribution is 6.09. The Hall–Kier alpha value is -4.15. The highest BCUT2D eigenvalue weighted by Crippen LogP contribution is 2.34. The molecule has 230 valence electrons. The Morgan fingerprint density at radius 2 is 1.16 bits per heavy atom. The highest BCUT2D eigenvalue weighted by Gasteiger charge is 2.16. The van der Waals surface area contributed by atoms with Gasteiger partial charge in [0.05, 0.1) is 16.7 Å². The van der Waals surface area contributed by atoms with E-state index in [1.807, 2.05) is 36.4 Å². The van der Waals surface area contributed by atoms with E-state index in [-0.39, 0.29) is 18.4 Å². The van der Waals surface area contributed by atoms with Crippen LogP contribution in [0.15, 0.2) is 54.6 Å². The van der Waals surface area contributed by atoms with E-state index in [9.17, 15) is 18.4 Å². The quantitative estimate of drug-likeness (QED) is 0.180. The molecule has 0 aliphatic carbocycles. The smallest absolute Gasteiger partial charge is 0.225 e. The number of rotatable bonds is 11. The lowest BCUT2D eigenvalue weighted by Gasteiger charge is -2.16. The van der Waals surface area contributed by atoms with Gasteiger partial charge < -0.3 is 25.8 Å². The van der Waals surface area contributed by atoms with E-state index in [1.165, 1.54) is 37.8 Å². The molecule has 4 aromatic rings. The van der Waals surface area contributed by atoms with Crippen molar-refractivity contribution >= 4 is 50.7 Å². The molecule has 3 N–H and O–H groups in total. The van der Waals surface area contributed by atoms with Crippen molar-refractivity contribution in [3.63, 3.8) is 0 Å². The fourth-order valence-corrected chi connectivity index (χ4v) is 6.17. The highest BCUT2D eigenvalue weighted by atomic mass is 19.1. The topological polar surface area (TPSA) is 89.6 Å². The van der Waals surface area contributed by atoms with Gasteiger partial charge >= 0.3 is 0 Å². The minimum atomic E-state index is -0.638. The summed E-state index contributed by atoms with van der Waals surface area (Å²) in [5.74, 6) is -1.38. The lowest BCUT2D eigenvalue weighted by molar-refractivity contribution is -0.117. The van der Waals surface area contributed by atoms with Crippen LogP contribution in [0.4, 0.5) is 25.8 Å². The molecular formula is C34H38F2N6O2. The number of aromatic nitrogens is 1. The zero-order valence-electron chi connectivity index (χ0n) is 24.8. The number of fused-ring (bicyclic) bond motifs is 2. The summed E-state index contributed by atoms with van der Waals surface area (Å²) >= 11 is 0. The molecule has 8 nitrogen and oxygen atoms in total. The maximum Gasteiger partial charge on any atom is 0.225 e. The summed E-state index contributed by atoms with van der Waals surface area (Å²) in [5, 5.41) is 11.0. The predicted molar refractivity (Wildman–Crippen MR) is 171 cm³/mol. The van der Waals surface area contributed by atoms with Crippen molar-refractivity contribution in [3.05, 3.63) is 71.8 Å². The van der Waals surface area contributed by atoms with Crippen molar-refractivity contribution in [3.8, 4) is 0 Å². The van der Waals surface area contributed by atoms with Gasteiger partial charge in [0.25, 0.3) is 0 Å². The molecule has 44 heavy (non-hydrogen) atoms. The van der Waals surface area contributed by atoms with Crippen molar-refractivity contribution in [2.45, 2.75) is 45.1 Å². The zero-order chi connectivity index (χ0) is 30.5. The molecule has 0 saturated carbocycles. The first-order chi connectivity index (χ1) is 21.4. The van der Waals surface area contributed by atoms with Crippen LogP contribution in [0.25, 0.3) is 21.8 Å². The molecule has 2 aliphatic rings. The molecule has 0 bridgehead atoms. The largest absolute Gasteiger partial charge is 0.380 e. The average molecular weight is 601 g/mol. The fourth-order valence-electron chi connectivity index (χ4n) is 6.17. The molecule has 6 rings (SSSR count). The van der Waals surface area contributed by atoms with Gasteiger partial charge in [0.1, 0.15) is 11.6 Å². The predicted octanol–water partition coefficient (Wildman–Crippen LogP) is 6.13. The molecule has 3 heterocycles. The molecule has 0 spiro atoms. The SMILES string of the molecule is O=C(CCN1CCCC1)Nc1ccc2c(NCc3cc(F)cc(F)c3)c3ccc(NC(=O)CCN4CCCC4)cc3nc2c1. The van der Waals surface area contributed by atoms with Crippen LogP contribution in [0, 0.1) is 11.6 Å². The van der Waals surface area contributed by atoms with Gasteiger partial charge in [-0.1, -0.05) is 0 Å². The number of hydrogen-bond acceptors (Lipinski definition) is 6. The lowest BCUT2D eigenvalue weighted by Crippen LogP contribution is -2.25. The van der Waals surface area contributed by atoms with E-state index < -0.39 is 11.6 Å². The maximum atomic E-state index is 13.9. The van der Waals surface area contributed by atoms with Crippen LogP contribution >= 0.6 is 0 Å². The van der Waals surface area contributed by atoms with Crippen LogP contribution in [0.3, 0.4) is 0 Å². The summed E-state index contributed by atoms with van der Waals surface area (Å²) in [7, 11) is 0. The fraction of sp³-hybridized carbons (Fsp3) is 0.382. The Bertz CT molecular complexity index is 1550. The van der Waals surface area contributed by atoms with Crippen molar-refractivity contribution < 1.29 is 18.4 Å². The second-order valence-electron chi connectivity index (χ2n) is 11.8. The van der Waals surface area contributed by atoms with Gasteiger partial charge in [-0.25, -0.2) is 13.8 Å². The van der Waals surface area contributed by atoms with E-state index in [2.05, 4.69) is 25.8 Å². The molecule has 0 radical (unpaired) electrons. The van der Waals surface area contributed by atoms with Crippen molar-refractivity contribution in [2.24, 2.45) is 0 Å². The Balaban J connectivity index is 1.26. The summed E-state index contributed by atoms with van der Waals surface area (Å²) in [6, 6.07) is 14.6. The van der Waals surface area contributed by atoms with Gasteiger partial charge in [-0.05, 0) is 106 Å². The summed E-state index contributed by atoms with van der Waals surface area (Å²) in [4.78, 5) is 34.9. The van der Waals surface area contributed by atoms with Crippen molar-refractivity contribution in [1.29, 1.82) is 0 Å². The average Bonchev–Trinajstić information content (AvgIpc) is 3.71. The lowest BCUT2D eigenvalue weighted by atomic mass is 10.1. The first-order valence-corrected chi connectivity index (χ1v) is 15.5. The van der Waals surface area contributed by atoms with E-state index >= 15 is 0 Å². The Kier molecular flexibility index (Phi) is 9.28. The second kappa shape index (κ2) is 13.7. The number of pyridine rings is 1. The third-order valence-corrected chi connectivity index (χ3v) is 8.44. The number of benzene rings is 3. The van der Waals surface area contributed by atoms with Crippen LogP contribution in [-0.2, 0) is 16.1 Å². The number of amides is 2. The van der Waals surface area contributed by atoms with Gasteiger partial charge in [-0.3, -0.25) is 9.59 Å². The van der Waals surface area contributed by atoms with E-state index in [1.54, 1.807) is 0 Å². The molecule has 3 aromatic carbocycles. The second-order valence-corrected chi connectivity index (χ2v) is 11.8. The first kappa shape index (κ1) is 29.9. The monoisotopic (exact) mass is 600 g/mol. The Morgan fingerprint density at radius 1 is 0.682 bits per heavy atom. The summed E-state index contributed by atoms with van der Waals surface area (Å²) in [6.07, 6.45) is 5.56. The molecular weight excluding hydrogens is 562 g/mol. The molecule has 2 saturated heterocycles. The van der Waals surface area contributed by atoms with Gasteiger partial charge in [0.15, 0.2) is 0 Å². The van der Waals surface area contributed by atoms with Crippen LogP contribution in [-0.4, -0.2) is 65.9 Å². The number of nitrogens with zero attached hydrogens (tertiary/aromatic N) is 3. The minimum Gasteiger partial charge on any atom is -0.380 e. The van der Waals surface area contributed by atoms with Gasteiger partial charge in [-0.2, -0.15) is 0 Å². The summed E-state index contributed by atoms with van der Waals surface area (Å²) < 4.78 is 27.8. The number of hydrogen-bond donors (Lipinski definition) is 3. The summed E-state index contributed by atoms with van der Waals surface area (Å²) in [5.41, 5.74) is 3.76. The van der Waals surface area contributed by atoms with E-state index in [4.69, 9.17) is 4.98 Å². The number of nitrogens with one attached hydrogen (secondary N) is 3. The van der Waals surface area contributed by atoms with Gasteiger partial charge in [0, 0.05) is 60.7 Å². The van der Waals surface area contributed by atoms with Crippen LogP contribution in [0.5, 0.6) is 0 Å². The molecule has 0 atom stereocenters.